The standard InChI is InChI=1S/C15H20BFN2O3S/c1-9(19-23(22)15(2,3)4)11-5-6-18-14-12(11)7-10(16(20)21)8-13(14)17/h5-9,19-21H,1-4H3/t9-,23?/m0/s1. The van der Waals surface area contributed by atoms with Crippen molar-refractivity contribution < 1.29 is 19.0 Å². The molecule has 0 aliphatic carbocycles. The van der Waals surface area contributed by atoms with Crippen LogP contribution in [0.3, 0.4) is 0 Å². The van der Waals surface area contributed by atoms with E-state index < -0.39 is 29.0 Å². The topological polar surface area (TPSA) is 88.4 Å². The number of fused-ring (bicyclic) bond motifs is 1. The fourth-order valence-electron chi connectivity index (χ4n) is 2.18. The molecule has 8 heteroatoms. The zero-order chi connectivity index (χ0) is 17.4. The molecule has 2 rings (SSSR count). The molecule has 1 heterocycles. The highest BCUT2D eigenvalue weighted by Crippen LogP contribution is 2.26. The molecule has 1 unspecified atom stereocenters. The van der Waals surface area contributed by atoms with E-state index in [1.54, 1.807) is 6.07 Å². The minimum absolute atomic E-state index is 0.0494. The maximum absolute atomic E-state index is 14.1. The molecule has 0 radical (unpaired) electrons. The largest absolute Gasteiger partial charge is 0.598 e. The van der Waals surface area contributed by atoms with Crippen LogP contribution in [0.25, 0.3) is 10.9 Å². The Balaban J connectivity index is 2.48. The van der Waals surface area contributed by atoms with Crippen LogP contribution in [0.1, 0.15) is 39.3 Å². The third-order valence-corrected chi connectivity index (χ3v) is 5.14. The third kappa shape index (κ3) is 4.02. The lowest BCUT2D eigenvalue weighted by Crippen LogP contribution is -2.40. The molecule has 2 aromatic rings. The first-order valence-electron chi connectivity index (χ1n) is 7.23. The van der Waals surface area contributed by atoms with Crippen molar-refractivity contribution in [1.29, 1.82) is 0 Å². The number of nitrogens with one attached hydrogen (secondary N) is 1. The van der Waals surface area contributed by atoms with Gasteiger partial charge in [-0.1, -0.05) is 6.07 Å². The quantitative estimate of drug-likeness (QED) is 0.575. The number of hydrogen-bond acceptors (Lipinski definition) is 5. The molecule has 0 saturated carbocycles. The molecule has 124 valence electrons. The fourth-order valence-corrected chi connectivity index (χ4v) is 2.98. The zero-order valence-electron chi connectivity index (χ0n) is 13.5. The monoisotopic (exact) mass is 338 g/mol. The summed E-state index contributed by atoms with van der Waals surface area (Å²) in [5.41, 5.74) is 0.879. The molecule has 0 amide bonds. The number of benzene rings is 1. The van der Waals surface area contributed by atoms with E-state index in [-0.39, 0.29) is 17.0 Å². The van der Waals surface area contributed by atoms with Gasteiger partial charge in [-0.3, -0.25) is 4.98 Å². The molecule has 5 nitrogen and oxygen atoms in total. The summed E-state index contributed by atoms with van der Waals surface area (Å²) in [6, 6.07) is 3.91. The van der Waals surface area contributed by atoms with Gasteiger partial charge in [-0.15, -0.1) is 4.72 Å². The Bertz CT molecular complexity index is 709. The maximum atomic E-state index is 14.1. The van der Waals surface area contributed by atoms with Gasteiger partial charge in [0.25, 0.3) is 0 Å². The molecule has 0 fully saturated rings. The van der Waals surface area contributed by atoms with Crippen LogP contribution >= 0.6 is 0 Å². The van der Waals surface area contributed by atoms with E-state index in [9.17, 15) is 19.0 Å². The van der Waals surface area contributed by atoms with Crippen LogP contribution in [0, 0.1) is 5.82 Å². The summed E-state index contributed by atoms with van der Waals surface area (Å²) in [5.74, 6) is -0.628. The summed E-state index contributed by atoms with van der Waals surface area (Å²) in [6.45, 7) is 7.38. The van der Waals surface area contributed by atoms with E-state index in [1.807, 2.05) is 27.7 Å². The highest BCUT2D eigenvalue weighted by Gasteiger charge is 2.29. The highest BCUT2D eigenvalue weighted by atomic mass is 32.2. The van der Waals surface area contributed by atoms with Crippen LogP contribution in [0.4, 0.5) is 4.39 Å². The van der Waals surface area contributed by atoms with Crippen molar-refractivity contribution in [1.82, 2.24) is 9.71 Å². The summed E-state index contributed by atoms with van der Waals surface area (Å²) < 4.78 is 29.0. The fraction of sp³-hybridized carbons (Fsp3) is 0.400. The van der Waals surface area contributed by atoms with Crippen LogP contribution in [-0.4, -0.2) is 31.5 Å². The molecule has 0 bridgehead atoms. The summed E-state index contributed by atoms with van der Waals surface area (Å²) in [7, 11) is -1.77. The smallest absolute Gasteiger partial charge is 0.488 e. The predicted octanol–water partition coefficient (Wildman–Crippen LogP) is 1.17. The Morgan fingerprint density at radius 2 is 2.00 bits per heavy atom. The van der Waals surface area contributed by atoms with Gasteiger partial charge in [0.1, 0.15) is 16.1 Å². The van der Waals surface area contributed by atoms with Gasteiger partial charge in [-0.25, -0.2) is 4.39 Å². The van der Waals surface area contributed by atoms with Gasteiger partial charge < -0.3 is 14.6 Å². The van der Waals surface area contributed by atoms with Crippen LogP contribution in [0.2, 0.25) is 0 Å². The zero-order valence-corrected chi connectivity index (χ0v) is 14.3. The average Bonchev–Trinajstić information content (AvgIpc) is 2.45. The molecule has 23 heavy (non-hydrogen) atoms. The number of aromatic nitrogens is 1. The van der Waals surface area contributed by atoms with Crippen LogP contribution in [0.5, 0.6) is 0 Å². The molecule has 2 atom stereocenters. The molecule has 0 aliphatic heterocycles. The first-order chi connectivity index (χ1) is 10.6. The number of pyridine rings is 1. The Morgan fingerprint density at radius 3 is 2.57 bits per heavy atom. The van der Waals surface area contributed by atoms with E-state index in [4.69, 9.17) is 0 Å². The number of halogens is 1. The van der Waals surface area contributed by atoms with Crippen molar-refractivity contribution in [2.45, 2.75) is 38.5 Å². The Labute approximate surface area is 138 Å². The number of hydrogen-bond donors (Lipinski definition) is 3. The number of nitrogens with zero attached hydrogens (tertiary/aromatic N) is 1. The van der Waals surface area contributed by atoms with Gasteiger partial charge in [0.05, 0.1) is 6.04 Å². The van der Waals surface area contributed by atoms with Crippen molar-refractivity contribution in [2.24, 2.45) is 0 Å². The van der Waals surface area contributed by atoms with Gasteiger partial charge in [-0.05, 0) is 50.9 Å². The molecular formula is C15H20BFN2O3S. The molecule has 0 saturated heterocycles. The summed E-state index contributed by atoms with van der Waals surface area (Å²) in [5, 5.41) is 19.0. The lowest BCUT2D eigenvalue weighted by atomic mass is 9.79. The average molecular weight is 338 g/mol. The Morgan fingerprint density at radius 1 is 1.35 bits per heavy atom. The van der Waals surface area contributed by atoms with Gasteiger partial charge in [0.2, 0.25) is 0 Å². The molecule has 0 aliphatic rings. The SMILES string of the molecule is C[C@H](N[S+]([O-])C(C)(C)C)c1ccnc2c(F)cc(B(O)O)cc12. The Hall–Kier alpha value is -1.19. The normalized spacial score (nSPS) is 14.8. The molecule has 1 aromatic carbocycles. The summed E-state index contributed by atoms with van der Waals surface area (Å²) in [6.07, 6.45) is 1.48. The van der Waals surface area contributed by atoms with Crippen molar-refractivity contribution in [2.75, 3.05) is 0 Å². The lowest BCUT2D eigenvalue weighted by Gasteiger charge is -2.27. The lowest BCUT2D eigenvalue weighted by molar-refractivity contribution is 0.425. The van der Waals surface area contributed by atoms with E-state index in [2.05, 4.69) is 9.71 Å². The van der Waals surface area contributed by atoms with Crippen LogP contribution in [-0.2, 0) is 11.4 Å². The first kappa shape index (κ1) is 18.2. The molecular weight excluding hydrogens is 318 g/mol. The molecule has 1 aromatic heterocycles. The Kier molecular flexibility index (Phi) is 5.32. The molecule has 3 N–H and O–H groups in total. The van der Waals surface area contributed by atoms with E-state index in [1.165, 1.54) is 12.3 Å². The van der Waals surface area contributed by atoms with Gasteiger partial charge in [0.15, 0.2) is 0 Å². The second-order valence-corrected chi connectivity index (χ2v) is 8.39. The van der Waals surface area contributed by atoms with E-state index in [0.717, 1.165) is 6.07 Å². The maximum Gasteiger partial charge on any atom is 0.488 e. The first-order valence-corrected chi connectivity index (χ1v) is 8.38. The highest BCUT2D eigenvalue weighted by molar-refractivity contribution is 7.90. The van der Waals surface area contributed by atoms with E-state index >= 15 is 0 Å². The van der Waals surface area contributed by atoms with Gasteiger partial charge in [0, 0.05) is 22.9 Å². The van der Waals surface area contributed by atoms with Gasteiger partial charge in [-0.2, -0.15) is 0 Å². The van der Waals surface area contributed by atoms with Gasteiger partial charge >= 0.3 is 7.12 Å². The second kappa shape index (κ2) is 6.74. The summed E-state index contributed by atoms with van der Waals surface area (Å²) >= 11 is -1.29. The third-order valence-electron chi connectivity index (χ3n) is 3.46. The second-order valence-electron chi connectivity index (χ2n) is 6.39. The minimum Gasteiger partial charge on any atom is -0.598 e. The minimum atomic E-state index is -1.77. The molecule has 0 spiro atoms. The van der Waals surface area contributed by atoms with Crippen molar-refractivity contribution in [3.63, 3.8) is 0 Å². The van der Waals surface area contributed by atoms with Crippen LogP contribution in [0.15, 0.2) is 24.4 Å². The van der Waals surface area contributed by atoms with Crippen LogP contribution < -0.4 is 10.2 Å². The van der Waals surface area contributed by atoms with E-state index in [0.29, 0.717) is 10.9 Å². The number of rotatable bonds is 4. The summed E-state index contributed by atoms with van der Waals surface area (Å²) in [4.78, 5) is 4.01. The van der Waals surface area contributed by atoms with Crippen molar-refractivity contribution in [3.8, 4) is 0 Å². The van der Waals surface area contributed by atoms with Crippen molar-refractivity contribution >= 4 is 34.8 Å². The predicted molar refractivity (Wildman–Crippen MR) is 91.0 cm³/mol. The van der Waals surface area contributed by atoms with Crippen molar-refractivity contribution in [3.05, 3.63) is 35.8 Å².